The highest BCUT2D eigenvalue weighted by Crippen LogP contribution is 2.07. The summed E-state index contributed by atoms with van der Waals surface area (Å²) in [6.07, 6.45) is 6.24. The number of unbranched alkanes of at least 4 members (excludes halogenated alkanes) is 1. The van der Waals surface area contributed by atoms with E-state index in [2.05, 4.69) is 27.4 Å². The van der Waals surface area contributed by atoms with Crippen LogP contribution in [0.15, 0.2) is 4.99 Å². The van der Waals surface area contributed by atoms with Gasteiger partial charge in [0.25, 0.3) is 0 Å². The van der Waals surface area contributed by atoms with Gasteiger partial charge >= 0.3 is 0 Å². The minimum atomic E-state index is 0. The summed E-state index contributed by atoms with van der Waals surface area (Å²) in [7, 11) is 3.51. The third-order valence-electron chi connectivity index (χ3n) is 3.86. The molecule has 0 aliphatic carbocycles. The Bertz CT molecular complexity index is 343. The van der Waals surface area contributed by atoms with Crippen molar-refractivity contribution in [2.24, 2.45) is 4.99 Å². The number of carbonyl (C=O) groups is 1. The first kappa shape index (κ1) is 22.4. The minimum Gasteiger partial charge on any atom is -0.356 e. The van der Waals surface area contributed by atoms with Gasteiger partial charge in [-0.3, -0.25) is 4.79 Å². The van der Waals surface area contributed by atoms with Gasteiger partial charge in [0.15, 0.2) is 5.96 Å². The van der Waals surface area contributed by atoms with Crippen LogP contribution in [-0.2, 0) is 4.79 Å². The minimum absolute atomic E-state index is 0. The van der Waals surface area contributed by atoms with Crippen molar-refractivity contribution < 1.29 is 4.79 Å². The summed E-state index contributed by atoms with van der Waals surface area (Å²) >= 11 is 0. The van der Waals surface area contributed by atoms with Crippen LogP contribution in [0.1, 0.15) is 39.0 Å². The van der Waals surface area contributed by atoms with E-state index in [1.54, 1.807) is 19.0 Å². The number of nitrogens with zero attached hydrogens (tertiary/aromatic N) is 3. The van der Waals surface area contributed by atoms with Crippen LogP contribution in [-0.4, -0.2) is 75.0 Å². The van der Waals surface area contributed by atoms with Crippen molar-refractivity contribution in [2.45, 2.75) is 39.0 Å². The second-order valence-corrected chi connectivity index (χ2v) is 6.06. The molecule has 1 heterocycles. The molecule has 0 aromatic carbocycles. The molecule has 0 aromatic heterocycles. The number of aliphatic imine (C=N–C) groups is 1. The third-order valence-corrected chi connectivity index (χ3v) is 3.86. The van der Waals surface area contributed by atoms with E-state index in [4.69, 9.17) is 0 Å². The van der Waals surface area contributed by atoms with Gasteiger partial charge in [-0.05, 0) is 32.4 Å². The van der Waals surface area contributed by atoms with E-state index in [0.29, 0.717) is 0 Å². The molecule has 1 rings (SSSR count). The number of amides is 1. The fourth-order valence-corrected chi connectivity index (χ4v) is 2.36. The van der Waals surface area contributed by atoms with Crippen LogP contribution in [0, 0.1) is 0 Å². The number of hydrogen-bond acceptors (Lipinski definition) is 3. The lowest BCUT2D eigenvalue weighted by atomic mass is 10.1. The number of rotatable bonds is 8. The maximum atomic E-state index is 11.7. The smallest absolute Gasteiger partial charge is 0.243 e. The fraction of sp³-hybridized carbons (Fsp3) is 0.875. The lowest BCUT2D eigenvalue weighted by molar-refractivity contribution is -0.127. The topological polar surface area (TPSA) is 60.0 Å². The Kier molecular flexibility index (Phi) is 13.5. The second kappa shape index (κ2) is 13.8. The predicted molar refractivity (Wildman–Crippen MR) is 108 cm³/mol. The van der Waals surface area contributed by atoms with E-state index in [1.807, 2.05) is 0 Å². The first-order valence-corrected chi connectivity index (χ1v) is 8.58. The van der Waals surface area contributed by atoms with Gasteiger partial charge in [-0.15, -0.1) is 24.0 Å². The van der Waals surface area contributed by atoms with Gasteiger partial charge in [0.1, 0.15) is 6.54 Å². The van der Waals surface area contributed by atoms with Gasteiger partial charge in [-0.2, -0.15) is 0 Å². The van der Waals surface area contributed by atoms with Crippen LogP contribution in [0.5, 0.6) is 0 Å². The fourth-order valence-electron chi connectivity index (χ4n) is 2.36. The molecule has 1 aliphatic heterocycles. The number of carbonyl (C=O) groups excluding carboxylic acids is 1. The standard InChI is InChI=1S/C16H33N5O.HI/c1-4-5-9-17-16(19-14-15(22)20(2)3)18-10-13-21-11-7-6-8-12-21;/h4-14H2,1-3H3,(H2,17,18,19);1H. The molecule has 0 bridgehead atoms. The third kappa shape index (κ3) is 10.8. The Morgan fingerprint density at radius 3 is 2.39 bits per heavy atom. The Labute approximate surface area is 158 Å². The van der Waals surface area contributed by atoms with Crippen LogP contribution in [0.2, 0.25) is 0 Å². The highest BCUT2D eigenvalue weighted by atomic mass is 127. The molecule has 1 fully saturated rings. The highest BCUT2D eigenvalue weighted by Gasteiger charge is 2.09. The molecule has 0 spiro atoms. The van der Waals surface area contributed by atoms with E-state index in [-0.39, 0.29) is 36.4 Å². The van der Waals surface area contributed by atoms with Crippen molar-refractivity contribution in [3.8, 4) is 0 Å². The normalized spacial score (nSPS) is 15.7. The van der Waals surface area contributed by atoms with Crippen LogP contribution in [0.4, 0.5) is 0 Å². The van der Waals surface area contributed by atoms with Crippen LogP contribution >= 0.6 is 24.0 Å². The summed E-state index contributed by atoms with van der Waals surface area (Å²) in [5.41, 5.74) is 0. The summed E-state index contributed by atoms with van der Waals surface area (Å²) < 4.78 is 0. The zero-order valence-electron chi connectivity index (χ0n) is 14.9. The van der Waals surface area contributed by atoms with E-state index < -0.39 is 0 Å². The maximum absolute atomic E-state index is 11.7. The molecule has 0 aromatic rings. The van der Waals surface area contributed by atoms with E-state index in [1.165, 1.54) is 32.4 Å². The summed E-state index contributed by atoms with van der Waals surface area (Å²) in [6.45, 7) is 7.56. The first-order valence-electron chi connectivity index (χ1n) is 8.58. The number of hydrogen-bond donors (Lipinski definition) is 2. The number of piperidine rings is 1. The monoisotopic (exact) mass is 439 g/mol. The van der Waals surface area contributed by atoms with Gasteiger partial charge in [-0.1, -0.05) is 19.8 Å². The lowest BCUT2D eigenvalue weighted by Crippen LogP contribution is -2.43. The van der Waals surface area contributed by atoms with Crippen molar-refractivity contribution in [3.63, 3.8) is 0 Å². The van der Waals surface area contributed by atoms with E-state index in [0.717, 1.165) is 38.4 Å². The molecule has 1 saturated heterocycles. The molecule has 2 N–H and O–H groups in total. The molecular formula is C16H34IN5O. The molecule has 0 radical (unpaired) electrons. The molecule has 1 amide bonds. The SMILES string of the molecule is CCCCNC(=NCC(=O)N(C)C)NCCN1CCCCC1.I. The zero-order chi connectivity index (χ0) is 16.2. The number of nitrogens with one attached hydrogen (secondary N) is 2. The number of halogens is 1. The Morgan fingerprint density at radius 1 is 1.13 bits per heavy atom. The molecule has 7 heteroatoms. The van der Waals surface area contributed by atoms with Crippen molar-refractivity contribution >= 4 is 35.8 Å². The predicted octanol–water partition coefficient (Wildman–Crippen LogP) is 1.51. The molecule has 23 heavy (non-hydrogen) atoms. The highest BCUT2D eigenvalue weighted by molar-refractivity contribution is 14.0. The van der Waals surface area contributed by atoms with Crippen LogP contribution < -0.4 is 10.6 Å². The summed E-state index contributed by atoms with van der Waals surface area (Å²) in [5, 5.41) is 6.65. The average Bonchev–Trinajstić information content (AvgIpc) is 2.52. The Hall–Kier alpha value is -0.570. The molecule has 0 saturated carbocycles. The molecular weight excluding hydrogens is 405 g/mol. The van der Waals surface area contributed by atoms with Crippen molar-refractivity contribution in [1.82, 2.24) is 20.4 Å². The van der Waals surface area contributed by atoms with Gasteiger partial charge in [-0.25, -0.2) is 4.99 Å². The molecule has 6 nitrogen and oxygen atoms in total. The number of guanidine groups is 1. The summed E-state index contributed by atoms with van der Waals surface area (Å²) in [6, 6.07) is 0. The van der Waals surface area contributed by atoms with Crippen molar-refractivity contribution in [1.29, 1.82) is 0 Å². The van der Waals surface area contributed by atoms with Gasteiger partial charge in [0.2, 0.25) is 5.91 Å². The maximum Gasteiger partial charge on any atom is 0.243 e. The summed E-state index contributed by atoms with van der Waals surface area (Å²) in [5.74, 6) is 0.772. The van der Waals surface area contributed by atoms with Gasteiger partial charge in [0.05, 0.1) is 0 Å². The summed E-state index contributed by atoms with van der Waals surface area (Å²) in [4.78, 5) is 20.1. The average molecular weight is 439 g/mol. The van der Waals surface area contributed by atoms with Crippen LogP contribution in [0.3, 0.4) is 0 Å². The van der Waals surface area contributed by atoms with Crippen LogP contribution in [0.25, 0.3) is 0 Å². The van der Waals surface area contributed by atoms with E-state index in [9.17, 15) is 4.79 Å². The second-order valence-electron chi connectivity index (χ2n) is 6.06. The Balaban J connectivity index is 0.00000484. The molecule has 136 valence electrons. The van der Waals surface area contributed by atoms with Crippen molar-refractivity contribution in [3.05, 3.63) is 0 Å². The molecule has 0 unspecified atom stereocenters. The Morgan fingerprint density at radius 2 is 1.78 bits per heavy atom. The van der Waals surface area contributed by atoms with Gasteiger partial charge in [0, 0.05) is 33.7 Å². The first-order chi connectivity index (χ1) is 10.6. The largest absolute Gasteiger partial charge is 0.356 e. The zero-order valence-corrected chi connectivity index (χ0v) is 17.3. The molecule has 1 aliphatic rings. The van der Waals surface area contributed by atoms with Crippen molar-refractivity contribution in [2.75, 3.05) is 53.4 Å². The molecule has 0 atom stereocenters. The van der Waals surface area contributed by atoms with E-state index >= 15 is 0 Å². The number of likely N-dealkylation sites (tertiary alicyclic amines) is 1. The van der Waals surface area contributed by atoms with Gasteiger partial charge < -0.3 is 20.4 Å². The number of likely N-dealkylation sites (N-methyl/N-ethyl adjacent to an activating group) is 1. The quantitative estimate of drug-likeness (QED) is 0.261. The lowest BCUT2D eigenvalue weighted by Gasteiger charge is -2.26.